The number of rotatable bonds is 5. The van der Waals surface area contributed by atoms with Crippen LogP contribution in [0.15, 0.2) is 24.3 Å². The molecule has 0 bridgehead atoms. The molecule has 1 saturated carbocycles. The summed E-state index contributed by atoms with van der Waals surface area (Å²) in [6, 6.07) is 7.49. The highest BCUT2D eigenvalue weighted by Gasteiger charge is 2.21. The third-order valence-corrected chi connectivity index (χ3v) is 2.67. The lowest BCUT2D eigenvalue weighted by Gasteiger charge is -2.09. The van der Waals surface area contributed by atoms with E-state index in [1.807, 2.05) is 24.3 Å². The van der Waals surface area contributed by atoms with Gasteiger partial charge in [0.25, 0.3) is 0 Å². The Morgan fingerprint density at radius 3 is 2.53 bits per heavy atom. The Kier molecular flexibility index (Phi) is 3.23. The van der Waals surface area contributed by atoms with Crippen LogP contribution in [0.4, 0.5) is 0 Å². The highest BCUT2D eigenvalue weighted by molar-refractivity contribution is 5.28. The number of nitrogens with two attached hydrogens (primary N) is 1. The number of hydrogen-bond acceptors (Lipinski definition) is 3. The second kappa shape index (κ2) is 4.64. The highest BCUT2D eigenvalue weighted by Crippen LogP contribution is 2.29. The molecule has 2 rings (SSSR count). The van der Waals surface area contributed by atoms with Crippen LogP contribution in [-0.4, -0.2) is 18.3 Å². The van der Waals surface area contributed by atoms with E-state index in [1.54, 1.807) is 0 Å². The van der Waals surface area contributed by atoms with Crippen molar-refractivity contribution in [1.82, 2.24) is 0 Å². The van der Waals surface area contributed by atoms with Gasteiger partial charge in [-0.25, -0.2) is 0 Å². The first-order valence-corrected chi connectivity index (χ1v) is 5.40. The van der Waals surface area contributed by atoms with Crippen molar-refractivity contribution in [2.24, 2.45) is 11.7 Å². The molecule has 82 valence electrons. The summed E-state index contributed by atoms with van der Waals surface area (Å²) in [5, 5.41) is 9.48. The molecule has 0 radical (unpaired) electrons. The number of hydrogen-bond donors (Lipinski definition) is 2. The van der Waals surface area contributed by atoms with E-state index in [-0.39, 0.29) is 6.54 Å². The summed E-state index contributed by atoms with van der Waals surface area (Å²) < 4.78 is 5.59. The van der Waals surface area contributed by atoms with Crippen molar-refractivity contribution < 1.29 is 9.84 Å². The van der Waals surface area contributed by atoms with Crippen molar-refractivity contribution in [3.8, 4) is 5.75 Å². The maximum absolute atomic E-state index is 9.48. The van der Waals surface area contributed by atoms with Crippen molar-refractivity contribution in [3.63, 3.8) is 0 Å². The molecule has 1 fully saturated rings. The molecule has 0 aromatic heterocycles. The van der Waals surface area contributed by atoms with Crippen molar-refractivity contribution in [2.45, 2.75) is 18.9 Å². The Labute approximate surface area is 89.9 Å². The van der Waals surface area contributed by atoms with Gasteiger partial charge in [0.1, 0.15) is 5.75 Å². The molecule has 1 atom stereocenters. The van der Waals surface area contributed by atoms with Crippen molar-refractivity contribution in [2.75, 3.05) is 13.2 Å². The molecule has 15 heavy (non-hydrogen) atoms. The van der Waals surface area contributed by atoms with E-state index >= 15 is 0 Å². The van der Waals surface area contributed by atoms with Gasteiger partial charge < -0.3 is 15.6 Å². The van der Waals surface area contributed by atoms with Crippen LogP contribution in [0.25, 0.3) is 0 Å². The van der Waals surface area contributed by atoms with Gasteiger partial charge in [-0.15, -0.1) is 0 Å². The summed E-state index contributed by atoms with van der Waals surface area (Å²) in [5.41, 5.74) is 6.21. The summed E-state index contributed by atoms with van der Waals surface area (Å²) in [6.45, 7) is 1.07. The van der Waals surface area contributed by atoms with Crippen molar-refractivity contribution >= 4 is 0 Å². The fourth-order valence-electron chi connectivity index (χ4n) is 1.42. The quantitative estimate of drug-likeness (QED) is 0.768. The van der Waals surface area contributed by atoms with Gasteiger partial charge in [-0.1, -0.05) is 12.1 Å². The van der Waals surface area contributed by atoms with Gasteiger partial charge in [-0.05, 0) is 36.5 Å². The van der Waals surface area contributed by atoms with Crippen molar-refractivity contribution in [3.05, 3.63) is 29.8 Å². The minimum Gasteiger partial charge on any atom is -0.493 e. The van der Waals surface area contributed by atoms with E-state index in [0.717, 1.165) is 23.8 Å². The molecule has 1 unspecified atom stereocenters. The standard InChI is InChI=1S/C12H17NO2/c13-7-12(14)10-3-5-11(6-4-10)15-8-9-1-2-9/h3-6,9,12,14H,1-2,7-8,13H2. The van der Waals surface area contributed by atoms with Gasteiger partial charge in [0.05, 0.1) is 12.7 Å². The molecule has 0 amide bonds. The van der Waals surface area contributed by atoms with Crippen LogP contribution in [0.5, 0.6) is 5.75 Å². The van der Waals surface area contributed by atoms with E-state index in [4.69, 9.17) is 10.5 Å². The van der Waals surface area contributed by atoms with Gasteiger partial charge in [-0.2, -0.15) is 0 Å². The zero-order valence-electron chi connectivity index (χ0n) is 8.73. The van der Waals surface area contributed by atoms with Gasteiger partial charge in [-0.3, -0.25) is 0 Å². The molecule has 0 spiro atoms. The monoisotopic (exact) mass is 207 g/mol. The Bertz CT molecular complexity index is 306. The first kappa shape index (κ1) is 10.5. The smallest absolute Gasteiger partial charge is 0.119 e. The van der Waals surface area contributed by atoms with Crippen LogP contribution in [0.3, 0.4) is 0 Å². The van der Waals surface area contributed by atoms with Crippen molar-refractivity contribution in [1.29, 1.82) is 0 Å². The third-order valence-electron chi connectivity index (χ3n) is 2.67. The molecule has 3 heteroatoms. The van der Waals surface area contributed by atoms with Crippen LogP contribution < -0.4 is 10.5 Å². The van der Waals surface area contributed by atoms with Crippen LogP contribution in [0, 0.1) is 5.92 Å². The van der Waals surface area contributed by atoms with Gasteiger partial charge >= 0.3 is 0 Å². The number of aliphatic hydroxyl groups excluding tert-OH is 1. The molecule has 1 aliphatic carbocycles. The zero-order chi connectivity index (χ0) is 10.7. The Morgan fingerprint density at radius 2 is 2.00 bits per heavy atom. The topological polar surface area (TPSA) is 55.5 Å². The fourth-order valence-corrected chi connectivity index (χ4v) is 1.42. The normalized spacial score (nSPS) is 17.5. The zero-order valence-corrected chi connectivity index (χ0v) is 8.73. The van der Waals surface area contributed by atoms with Crippen LogP contribution in [-0.2, 0) is 0 Å². The van der Waals surface area contributed by atoms with Gasteiger partial charge in [0.2, 0.25) is 0 Å². The Hall–Kier alpha value is -1.06. The summed E-state index contributed by atoms with van der Waals surface area (Å²) in [6.07, 6.45) is 2.02. The molecular formula is C12H17NO2. The molecule has 1 aromatic rings. The van der Waals surface area contributed by atoms with Gasteiger partial charge in [0.15, 0.2) is 0 Å². The van der Waals surface area contributed by atoms with E-state index in [1.165, 1.54) is 12.8 Å². The third kappa shape index (κ3) is 2.94. The van der Waals surface area contributed by atoms with Gasteiger partial charge in [0, 0.05) is 6.54 Å². The first-order chi connectivity index (χ1) is 7.29. The van der Waals surface area contributed by atoms with E-state index in [0.29, 0.717) is 0 Å². The molecular weight excluding hydrogens is 190 g/mol. The second-order valence-corrected chi connectivity index (χ2v) is 4.07. The number of ether oxygens (including phenoxy) is 1. The summed E-state index contributed by atoms with van der Waals surface area (Å²) in [5.74, 6) is 1.63. The first-order valence-electron chi connectivity index (χ1n) is 5.40. The second-order valence-electron chi connectivity index (χ2n) is 4.07. The van der Waals surface area contributed by atoms with Crippen LogP contribution in [0.2, 0.25) is 0 Å². The average Bonchev–Trinajstić information content (AvgIpc) is 3.10. The summed E-state index contributed by atoms with van der Waals surface area (Å²) in [7, 11) is 0. The summed E-state index contributed by atoms with van der Waals surface area (Å²) in [4.78, 5) is 0. The molecule has 0 aliphatic heterocycles. The predicted octanol–water partition coefficient (Wildman–Crippen LogP) is 1.47. The fraction of sp³-hybridized carbons (Fsp3) is 0.500. The minimum absolute atomic E-state index is 0.252. The average molecular weight is 207 g/mol. The maximum atomic E-state index is 9.48. The lowest BCUT2D eigenvalue weighted by Crippen LogP contribution is -2.11. The van der Waals surface area contributed by atoms with Crippen LogP contribution >= 0.6 is 0 Å². The Balaban J connectivity index is 1.90. The largest absolute Gasteiger partial charge is 0.493 e. The SMILES string of the molecule is NCC(O)c1ccc(OCC2CC2)cc1. The summed E-state index contributed by atoms with van der Waals surface area (Å²) >= 11 is 0. The molecule has 3 N–H and O–H groups in total. The molecule has 3 nitrogen and oxygen atoms in total. The molecule has 0 saturated heterocycles. The molecule has 0 heterocycles. The highest BCUT2D eigenvalue weighted by atomic mass is 16.5. The lowest BCUT2D eigenvalue weighted by atomic mass is 10.1. The van der Waals surface area contributed by atoms with Crippen LogP contribution in [0.1, 0.15) is 24.5 Å². The van der Waals surface area contributed by atoms with E-state index < -0.39 is 6.10 Å². The predicted molar refractivity (Wildman–Crippen MR) is 58.7 cm³/mol. The molecule has 1 aromatic carbocycles. The van der Waals surface area contributed by atoms with E-state index in [2.05, 4.69) is 0 Å². The lowest BCUT2D eigenvalue weighted by molar-refractivity contribution is 0.186. The maximum Gasteiger partial charge on any atom is 0.119 e. The number of benzene rings is 1. The molecule has 1 aliphatic rings. The number of aliphatic hydroxyl groups is 1. The Morgan fingerprint density at radius 1 is 1.33 bits per heavy atom. The van der Waals surface area contributed by atoms with E-state index in [9.17, 15) is 5.11 Å². The minimum atomic E-state index is -0.567.